The Morgan fingerprint density at radius 2 is 1.94 bits per heavy atom. The topological polar surface area (TPSA) is 47.3 Å². The van der Waals surface area contributed by atoms with Crippen molar-refractivity contribution in [3.63, 3.8) is 0 Å². The Kier molecular flexibility index (Phi) is 3.29. The summed E-state index contributed by atoms with van der Waals surface area (Å²) in [6.07, 6.45) is -1.47. The van der Waals surface area contributed by atoms with E-state index in [2.05, 4.69) is 5.10 Å². The lowest BCUT2D eigenvalue weighted by Crippen LogP contribution is -2.07. The summed E-state index contributed by atoms with van der Waals surface area (Å²) in [5.41, 5.74) is -0.295. The van der Waals surface area contributed by atoms with E-state index in [4.69, 9.17) is 4.74 Å². The maximum atomic E-state index is 13.5. The van der Waals surface area contributed by atoms with E-state index in [0.717, 1.165) is 12.1 Å². The van der Waals surface area contributed by atoms with Crippen molar-refractivity contribution in [1.82, 2.24) is 9.78 Å². The number of hydrogen-bond donors (Lipinski definition) is 1. The first kappa shape index (κ1) is 12.5. The van der Waals surface area contributed by atoms with Crippen LogP contribution in [0.15, 0.2) is 24.3 Å². The monoisotopic (exact) mass is 254 g/mol. The molecular weight excluding hydrogens is 242 g/mol. The van der Waals surface area contributed by atoms with Gasteiger partial charge in [0.25, 0.3) is 0 Å². The smallest absolute Gasteiger partial charge is 0.211 e. The zero-order valence-corrected chi connectivity index (χ0v) is 9.89. The van der Waals surface area contributed by atoms with Crippen molar-refractivity contribution in [2.24, 2.45) is 7.05 Å². The van der Waals surface area contributed by atoms with Crippen LogP contribution in [-0.4, -0.2) is 22.0 Å². The zero-order valence-electron chi connectivity index (χ0n) is 9.89. The molecule has 1 atom stereocenters. The second-order valence-electron chi connectivity index (χ2n) is 3.77. The molecule has 1 aromatic carbocycles. The first-order chi connectivity index (χ1) is 8.54. The molecule has 0 aliphatic carbocycles. The van der Waals surface area contributed by atoms with E-state index >= 15 is 0 Å². The van der Waals surface area contributed by atoms with Gasteiger partial charge < -0.3 is 9.84 Å². The molecule has 1 N–H and O–H groups in total. The molecule has 0 bridgehead atoms. The first-order valence-corrected chi connectivity index (χ1v) is 5.24. The molecule has 0 fully saturated rings. The number of nitrogens with zero attached hydrogens (tertiary/aromatic N) is 2. The number of benzene rings is 1. The third-order valence-corrected chi connectivity index (χ3v) is 2.62. The standard InChI is InChI=1S/C12H12F2N2O2/c1-16-10(18-2)6-9(15-16)12(17)11-7(13)4-3-5-8(11)14/h3-6,12,17H,1-2H3. The normalized spacial score (nSPS) is 12.5. The average Bonchev–Trinajstić information content (AvgIpc) is 2.70. The molecule has 0 radical (unpaired) electrons. The van der Waals surface area contributed by atoms with Crippen LogP contribution in [0.1, 0.15) is 17.4 Å². The second-order valence-corrected chi connectivity index (χ2v) is 3.77. The minimum Gasteiger partial charge on any atom is -0.481 e. The summed E-state index contributed by atoms with van der Waals surface area (Å²) in [5, 5.41) is 13.9. The molecule has 2 rings (SSSR count). The van der Waals surface area contributed by atoms with E-state index in [9.17, 15) is 13.9 Å². The highest BCUT2D eigenvalue weighted by molar-refractivity contribution is 5.30. The fourth-order valence-corrected chi connectivity index (χ4v) is 1.72. The molecule has 1 unspecified atom stereocenters. The summed E-state index contributed by atoms with van der Waals surface area (Å²) in [5.74, 6) is -1.24. The van der Waals surface area contributed by atoms with Crippen molar-refractivity contribution in [1.29, 1.82) is 0 Å². The molecule has 0 aliphatic rings. The van der Waals surface area contributed by atoms with Gasteiger partial charge in [-0.05, 0) is 12.1 Å². The summed E-state index contributed by atoms with van der Waals surface area (Å²) >= 11 is 0. The van der Waals surface area contributed by atoms with Gasteiger partial charge in [-0.15, -0.1) is 0 Å². The van der Waals surface area contributed by atoms with Crippen LogP contribution in [-0.2, 0) is 7.05 Å². The highest BCUT2D eigenvalue weighted by Gasteiger charge is 2.22. The second kappa shape index (κ2) is 4.73. The number of methoxy groups -OCH3 is 1. The number of halogens is 2. The molecule has 4 nitrogen and oxygen atoms in total. The van der Waals surface area contributed by atoms with Gasteiger partial charge in [-0.3, -0.25) is 0 Å². The van der Waals surface area contributed by atoms with Gasteiger partial charge in [-0.25, -0.2) is 13.5 Å². The van der Waals surface area contributed by atoms with Crippen LogP contribution in [0.4, 0.5) is 8.78 Å². The van der Waals surface area contributed by atoms with Crippen LogP contribution in [0.25, 0.3) is 0 Å². The van der Waals surface area contributed by atoms with Gasteiger partial charge >= 0.3 is 0 Å². The summed E-state index contributed by atoms with van der Waals surface area (Å²) in [7, 11) is 3.05. The predicted molar refractivity (Wildman–Crippen MR) is 60.2 cm³/mol. The number of rotatable bonds is 3. The van der Waals surface area contributed by atoms with E-state index in [0.29, 0.717) is 5.88 Å². The molecule has 1 aromatic heterocycles. The summed E-state index contributed by atoms with van der Waals surface area (Å²) in [6.45, 7) is 0. The third kappa shape index (κ3) is 2.06. The number of hydrogen-bond acceptors (Lipinski definition) is 3. The fraction of sp³-hybridized carbons (Fsp3) is 0.250. The van der Waals surface area contributed by atoms with Crippen LogP contribution < -0.4 is 4.74 Å². The van der Waals surface area contributed by atoms with Gasteiger partial charge in [0.1, 0.15) is 17.7 Å². The Hall–Kier alpha value is -1.95. The van der Waals surface area contributed by atoms with Crippen LogP contribution in [0.3, 0.4) is 0 Å². The highest BCUT2D eigenvalue weighted by atomic mass is 19.1. The number of ether oxygens (including phenoxy) is 1. The van der Waals surface area contributed by atoms with Crippen molar-refractivity contribution in [2.45, 2.75) is 6.10 Å². The Morgan fingerprint density at radius 3 is 2.44 bits per heavy atom. The molecule has 2 aromatic rings. The van der Waals surface area contributed by atoms with Gasteiger partial charge in [-0.2, -0.15) is 5.10 Å². The van der Waals surface area contributed by atoms with Crippen molar-refractivity contribution in [3.05, 3.63) is 47.2 Å². The average molecular weight is 254 g/mol. The van der Waals surface area contributed by atoms with Crippen molar-refractivity contribution >= 4 is 0 Å². The Labute approximate surface area is 102 Å². The van der Waals surface area contributed by atoms with E-state index in [1.165, 1.54) is 23.9 Å². The quantitative estimate of drug-likeness (QED) is 0.908. The van der Waals surface area contributed by atoms with E-state index in [-0.39, 0.29) is 5.69 Å². The van der Waals surface area contributed by atoms with Gasteiger partial charge in [0.2, 0.25) is 5.88 Å². The number of aryl methyl sites for hydroxylation is 1. The lowest BCUT2D eigenvalue weighted by atomic mass is 10.1. The largest absolute Gasteiger partial charge is 0.481 e. The van der Waals surface area contributed by atoms with E-state index in [1.807, 2.05) is 0 Å². The molecule has 0 spiro atoms. The molecule has 0 amide bonds. The zero-order chi connectivity index (χ0) is 13.3. The van der Waals surface area contributed by atoms with Crippen LogP contribution >= 0.6 is 0 Å². The number of aliphatic hydroxyl groups excluding tert-OH is 1. The molecule has 6 heteroatoms. The third-order valence-electron chi connectivity index (χ3n) is 2.62. The van der Waals surface area contributed by atoms with Crippen LogP contribution in [0.2, 0.25) is 0 Å². The Bertz CT molecular complexity index is 549. The molecular formula is C12H12F2N2O2. The SMILES string of the molecule is COc1cc(C(O)c2c(F)cccc2F)nn1C. The highest BCUT2D eigenvalue weighted by Crippen LogP contribution is 2.27. The van der Waals surface area contributed by atoms with Crippen LogP contribution in [0.5, 0.6) is 5.88 Å². The van der Waals surface area contributed by atoms with E-state index in [1.54, 1.807) is 7.05 Å². The molecule has 0 saturated carbocycles. The minimum absolute atomic E-state index is 0.123. The molecule has 18 heavy (non-hydrogen) atoms. The maximum absolute atomic E-state index is 13.5. The number of aliphatic hydroxyl groups is 1. The summed E-state index contributed by atoms with van der Waals surface area (Å²) in [6, 6.07) is 4.83. The van der Waals surface area contributed by atoms with Crippen molar-refractivity contribution < 1.29 is 18.6 Å². The van der Waals surface area contributed by atoms with Crippen LogP contribution in [0, 0.1) is 11.6 Å². The molecule has 0 aliphatic heterocycles. The van der Waals surface area contributed by atoms with Gasteiger partial charge in [0.15, 0.2) is 0 Å². The Balaban J connectivity index is 2.44. The summed E-state index contributed by atoms with van der Waals surface area (Å²) in [4.78, 5) is 0. The summed E-state index contributed by atoms with van der Waals surface area (Å²) < 4.78 is 33.4. The fourth-order valence-electron chi connectivity index (χ4n) is 1.72. The van der Waals surface area contributed by atoms with Crippen molar-refractivity contribution in [3.8, 4) is 5.88 Å². The minimum atomic E-state index is -1.47. The lowest BCUT2D eigenvalue weighted by molar-refractivity contribution is 0.203. The number of aromatic nitrogens is 2. The lowest BCUT2D eigenvalue weighted by Gasteiger charge is -2.09. The van der Waals surface area contributed by atoms with Gasteiger partial charge in [0.05, 0.1) is 18.4 Å². The molecule has 1 heterocycles. The predicted octanol–water partition coefficient (Wildman–Crippen LogP) is 1.79. The first-order valence-electron chi connectivity index (χ1n) is 5.24. The molecule has 0 saturated heterocycles. The van der Waals surface area contributed by atoms with Crippen molar-refractivity contribution in [2.75, 3.05) is 7.11 Å². The van der Waals surface area contributed by atoms with Gasteiger partial charge in [0, 0.05) is 13.1 Å². The maximum Gasteiger partial charge on any atom is 0.211 e. The molecule has 96 valence electrons. The van der Waals surface area contributed by atoms with Gasteiger partial charge in [-0.1, -0.05) is 6.07 Å². The van der Waals surface area contributed by atoms with E-state index < -0.39 is 23.3 Å². The Morgan fingerprint density at radius 1 is 1.33 bits per heavy atom.